The lowest BCUT2D eigenvalue weighted by Crippen LogP contribution is -2.58. The number of anilines is 1. The molecule has 0 radical (unpaired) electrons. The predicted molar refractivity (Wildman–Crippen MR) is 106 cm³/mol. The van der Waals surface area contributed by atoms with Crippen LogP contribution < -0.4 is 4.90 Å². The Balaban J connectivity index is 1.28. The van der Waals surface area contributed by atoms with Crippen LogP contribution in [0.4, 0.5) is 5.69 Å². The van der Waals surface area contributed by atoms with Gasteiger partial charge in [-0.1, -0.05) is 18.2 Å². The van der Waals surface area contributed by atoms with Crippen molar-refractivity contribution in [2.75, 3.05) is 57.3 Å². The number of hydrogen-bond acceptors (Lipinski definition) is 4. The van der Waals surface area contributed by atoms with E-state index in [2.05, 4.69) is 9.80 Å². The van der Waals surface area contributed by atoms with Crippen molar-refractivity contribution in [3.63, 3.8) is 0 Å². The number of piperazine rings is 1. The van der Waals surface area contributed by atoms with Gasteiger partial charge in [0.1, 0.15) is 0 Å². The summed E-state index contributed by atoms with van der Waals surface area (Å²) in [4.78, 5) is 33.6. The van der Waals surface area contributed by atoms with Gasteiger partial charge in [0.2, 0.25) is 11.8 Å². The minimum Gasteiger partial charge on any atom is -0.341 e. The van der Waals surface area contributed by atoms with E-state index in [1.54, 1.807) is 0 Å². The zero-order valence-electron chi connectivity index (χ0n) is 16.1. The number of likely N-dealkylation sites (tertiary alicyclic amines) is 1. The van der Waals surface area contributed by atoms with Crippen molar-refractivity contribution >= 4 is 17.5 Å². The zero-order valence-corrected chi connectivity index (χ0v) is 16.1. The Morgan fingerprint density at radius 1 is 0.852 bits per heavy atom. The van der Waals surface area contributed by atoms with E-state index < -0.39 is 0 Å². The second-order valence-corrected chi connectivity index (χ2v) is 7.85. The Morgan fingerprint density at radius 2 is 1.63 bits per heavy atom. The van der Waals surface area contributed by atoms with E-state index in [1.807, 2.05) is 40.1 Å². The van der Waals surface area contributed by atoms with Gasteiger partial charge >= 0.3 is 0 Å². The summed E-state index contributed by atoms with van der Waals surface area (Å²) >= 11 is 0. The molecule has 2 amide bonds. The third-order valence-electron chi connectivity index (χ3n) is 6.18. The van der Waals surface area contributed by atoms with Crippen LogP contribution in [-0.4, -0.2) is 84.9 Å². The van der Waals surface area contributed by atoms with E-state index in [0.717, 1.165) is 83.7 Å². The van der Waals surface area contributed by atoms with Crippen molar-refractivity contribution < 1.29 is 9.59 Å². The zero-order chi connectivity index (χ0) is 18.6. The molecule has 1 atom stereocenters. The molecule has 0 aliphatic carbocycles. The molecule has 3 heterocycles. The van der Waals surface area contributed by atoms with E-state index in [4.69, 9.17) is 0 Å². The van der Waals surface area contributed by atoms with E-state index in [1.165, 1.54) is 0 Å². The fraction of sp³-hybridized carbons (Fsp3) is 0.619. The van der Waals surface area contributed by atoms with Crippen molar-refractivity contribution in [2.24, 2.45) is 0 Å². The number of benzene rings is 1. The molecule has 0 bridgehead atoms. The largest absolute Gasteiger partial charge is 0.341 e. The molecule has 1 aromatic rings. The highest BCUT2D eigenvalue weighted by molar-refractivity contribution is 5.97. The highest BCUT2D eigenvalue weighted by atomic mass is 16.2. The van der Waals surface area contributed by atoms with Crippen LogP contribution in [-0.2, 0) is 9.59 Å². The SMILES string of the molecule is O=C1CCCN1CCN1CCN([C@@H]2CCCN(c3ccccc3)C2=O)CC1. The number of carbonyl (C=O) groups excluding carboxylic acids is 2. The van der Waals surface area contributed by atoms with E-state index in [-0.39, 0.29) is 11.9 Å². The Morgan fingerprint density at radius 3 is 2.33 bits per heavy atom. The van der Waals surface area contributed by atoms with Crippen LogP contribution in [0.25, 0.3) is 0 Å². The first kappa shape index (κ1) is 18.4. The standard InChI is InChI=1S/C21H30N4O2/c26-20-9-5-10-24(20)17-14-22-12-15-23(16-13-22)19-8-4-11-25(21(19)27)18-6-2-1-3-7-18/h1-3,6-7,19H,4-5,8-17H2/t19-/m1/s1. The molecule has 1 aromatic carbocycles. The van der Waals surface area contributed by atoms with Gasteiger partial charge in [-0.3, -0.25) is 19.4 Å². The number of carbonyl (C=O) groups is 2. The number of para-hydroxylation sites is 1. The lowest BCUT2D eigenvalue weighted by atomic mass is 10.0. The van der Waals surface area contributed by atoms with Crippen molar-refractivity contribution in [1.82, 2.24) is 14.7 Å². The molecule has 0 unspecified atom stereocenters. The van der Waals surface area contributed by atoms with Crippen LogP contribution in [0.3, 0.4) is 0 Å². The minimum atomic E-state index is 0.0151. The van der Waals surface area contributed by atoms with Crippen LogP contribution in [0, 0.1) is 0 Å². The van der Waals surface area contributed by atoms with Gasteiger partial charge in [0.05, 0.1) is 6.04 Å². The van der Waals surface area contributed by atoms with Crippen LogP contribution in [0.1, 0.15) is 25.7 Å². The van der Waals surface area contributed by atoms with E-state index in [9.17, 15) is 9.59 Å². The molecular formula is C21H30N4O2. The number of hydrogen-bond donors (Lipinski definition) is 0. The molecule has 146 valence electrons. The monoisotopic (exact) mass is 370 g/mol. The first-order valence-corrected chi connectivity index (χ1v) is 10.3. The van der Waals surface area contributed by atoms with Crippen LogP contribution in [0.15, 0.2) is 30.3 Å². The number of piperidine rings is 1. The van der Waals surface area contributed by atoms with Gasteiger partial charge in [-0.05, 0) is 31.4 Å². The molecule has 6 nitrogen and oxygen atoms in total. The van der Waals surface area contributed by atoms with Crippen molar-refractivity contribution in [2.45, 2.75) is 31.7 Å². The summed E-state index contributed by atoms with van der Waals surface area (Å²) in [5.41, 5.74) is 1.01. The van der Waals surface area contributed by atoms with Gasteiger partial charge in [-0.25, -0.2) is 0 Å². The summed E-state index contributed by atoms with van der Waals surface area (Å²) in [6, 6.07) is 10.0. The van der Waals surface area contributed by atoms with Gasteiger partial charge in [-0.2, -0.15) is 0 Å². The average molecular weight is 370 g/mol. The summed E-state index contributed by atoms with van der Waals surface area (Å²) in [5, 5.41) is 0. The molecule has 0 saturated carbocycles. The molecule has 27 heavy (non-hydrogen) atoms. The average Bonchev–Trinajstić information content (AvgIpc) is 3.12. The molecule has 0 aromatic heterocycles. The van der Waals surface area contributed by atoms with Gasteiger partial charge in [0, 0.05) is 64.5 Å². The van der Waals surface area contributed by atoms with Gasteiger partial charge in [-0.15, -0.1) is 0 Å². The van der Waals surface area contributed by atoms with Crippen LogP contribution >= 0.6 is 0 Å². The second-order valence-electron chi connectivity index (χ2n) is 7.85. The maximum atomic E-state index is 13.1. The fourth-order valence-corrected chi connectivity index (χ4v) is 4.56. The topological polar surface area (TPSA) is 47.1 Å². The summed E-state index contributed by atoms with van der Waals surface area (Å²) in [5.74, 6) is 0.561. The number of nitrogens with zero attached hydrogens (tertiary/aromatic N) is 4. The molecule has 0 spiro atoms. The number of rotatable bonds is 5. The first-order chi connectivity index (χ1) is 13.2. The van der Waals surface area contributed by atoms with Crippen molar-refractivity contribution in [1.29, 1.82) is 0 Å². The lowest BCUT2D eigenvalue weighted by Gasteiger charge is -2.42. The van der Waals surface area contributed by atoms with Gasteiger partial charge in [0.15, 0.2) is 0 Å². The van der Waals surface area contributed by atoms with E-state index in [0.29, 0.717) is 5.91 Å². The van der Waals surface area contributed by atoms with Crippen molar-refractivity contribution in [3.05, 3.63) is 30.3 Å². The Labute approximate surface area is 161 Å². The van der Waals surface area contributed by atoms with Crippen molar-refractivity contribution in [3.8, 4) is 0 Å². The smallest absolute Gasteiger partial charge is 0.244 e. The molecule has 6 heteroatoms. The fourth-order valence-electron chi connectivity index (χ4n) is 4.56. The molecular weight excluding hydrogens is 340 g/mol. The highest BCUT2D eigenvalue weighted by Crippen LogP contribution is 2.24. The Bertz CT molecular complexity index is 657. The lowest BCUT2D eigenvalue weighted by molar-refractivity contribution is -0.128. The number of amides is 2. The Hall–Kier alpha value is -1.92. The molecule has 3 aliphatic rings. The summed E-state index contributed by atoms with van der Waals surface area (Å²) in [7, 11) is 0. The predicted octanol–water partition coefficient (Wildman–Crippen LogP) is 1.42. The third kappa shape index (κ3) is 4.17. The maximum absolute atomic E-state index is 13.1. The Kier molecular flexibility index (Phi) is 5.74. The molecule has 3 saturated heterocycles. The minimum absolute atomic E-state index is 0.0151. The molecule has 0 N–H and O–H groups in total. The van der Waals surface area contributed by atoms with Gasteiger partial charge in [0.25, 0.3) is 0 Å². The summed E-state index contributed by atoms with van der Waals surface area (Å²) in [6.07, 6.45) is 3.75. The van der Waals surface area contributed by atoms with E-state index >= 15 is 0 Å². The summed E-state index contributed by atoms with van der Waals surface area (Å²) in [6.45, 7) is 7.39. The maximum Gasteiger partial charge on any atom is 0.244 e. The second kappa shape index (κ2) is 8.40. The quantitative estimate of drug-likeness (QED) is 0.787. The first-order valence-electron chi connectivity index (χ1n) is 10.3. The third-order valence-corrected chi connectivity index (χ3v) is 6.18. The van der Waals surface area contributed by atoms with Crippen LogP contribution in [0.5, 0.6) is 0 Å². The van der Waals surface area contributed by atoms with Crippen LogP contribution in [0.2, 0.25) is 0 Å². The molecule has 3 aliphatic heterocycles. The molecule has 3 fully saturated rings. The highest BCUT2D eigenvalue weighted by Gasteiger charge is 2.35. The van der Waals surface area contributed by atoms with Gasteiger partial charge < -0.3 is 9.80 Å². The normalized spacial score (nSPS) is 25.4. The molecule has 4 rings (SSSR count). The summed E-state index contributed by atoms with van der Waals surface area (Å²) < 4.78 is 0.